The number of carbonyl (C=O) groups excluding carboxylic acids is 2. The van der Waals surface area contributed by atoms with Gasteiger partial charge < -0.3 is 23.5 Å². The van der Waals surface area contributed by atoms with Crippen LogP contribution < -0.4 is 19.8 Å². The summed E-state index contributed by atoms with van der Waals surface area (Å²) >= 11 is 0. The number of unbranched alkanes of at least 4 members (excludes halogenated alkanes) is 1. The van der Waals surface area contributed by atoms with Crippen LogP contribution in [0.2, 0.25) is 5.04 Å². The van der Waals surface area contributed by atoms with E-state index < -0.39 is 26.1 Å². The van der Waals surface area contributed by atoms with Crippen LogP contribution in [-0.2, 0) is 20.4 Å². The van der Waals surface area contributed by atoms with Crippen molar-refractivity contribution in [1.29, 1.82) is 0 Å². The van der Waals surface area contributed by atoms with E-state index in [9.17, 15) is 9.59 Å². The second-order valence-corrected chi connectivity index (χ2v) is 18.9. The minimum Gasteiger partial charge on any atom is -0.493 e. The normalized spacial score (nSPS) is 15.0. The van der Waals surface area contributed by atoms with Crippen LogP contribution in [0.15, 0.2) is 84.9 Å². The third-order valence-electron chi connectivity index (χ3n) is 9.01. The molecule has 0 unspecified atom stereocenters. The molecule has 48 heavy (non-hydrogen) atoms. The second-order valence-electron chi connectivity index (χ2n) is 14.5. The zero-order valence-electron chi connectivity index (χ0n) is 30.1. The van der Waals surface area contributed by atoms with Gasteiger partial charge in [0.2, 0.25) is 0 Å². The van der Waals surface area contributed by atoms with Gasteiger partial charge in [0.1, 0.15) is 5.60 Å². The number of rotatable bonds is 13. The Morgan fingerprint density at radius 1 is 0.854 bits per heavy atom. The molecular weight excluding hydrogens is 619 g/mol. The van der Waals surface area contributed by atoms with Gasteiger partial charge in [-0.05, 0) is 90.7 Å². The van der Waals surface area contributed by atoms with Crippen molar-refractivity contribution in [2.75, 3.05) is 27.4 Å². The lowest BCUT2D eigenvalue weighted by molar-refractivity contribution is -0.117. The summed E-state index contributed by atoms with van der Waals surface area (Å²) in [5, 5.41) is 2.40. The van der Waals surface area contributed by atoms with Crippen LogP contribution in [0.1, 0.15) is 84.4 Å². The zero-order chi connectivity index (χ0) is 35.1. The summed E-state index contributed by atoms with van der Waals surface area (Å²) in [7, 11) is 0.563. The molecule has 0 saturated carbocycles. The molecule has 0 fully saturated rings. The Morgan fingerprint density at radius 3 is 1.94 bits per heavy atom. The summed E-state index contributed by atoms with van der Waals surface area (Å²) in [6.07, 6.45) is 2.41. The number of fused-ring (bicyclic) bond motifs is 1. The summed E-state index contributed by atoms with van der Waals surface area (Å²) < 4.78 is 23.9. The Balaban J connectivity index is 1.46. The molecular formula is C40H53NO6Si. The SMILES string of the molecule is C=C(CCCCO[Si](c1ccccc1)(c1ccccc1)C(C)(C)C)C(=O)C[C@@H]1c2cc(OC)c(OC)cc2CCN1C(=O)OC(C)(C)C. The number of Topliss-reactive ketones (excluding diaryl/α,β-unsaturated/α-hetero) is 1. The second kappa shape index (κ2) is 15.6. The van der Waals surface area contributed by atoms with E-state index in [4.69, 9.17) is 18.6 Å². The molecule has 0 aromatic heterocycles. The van der Waals surface area contributed by atoms with E-state index in [1.165, 1.54) is 10.4 Å². The fourth-order valence-electron chi connectivity index (χ4n) is 6.67. The van der Waals surface area contributed by atoms with E-state index >= 15 is 0 Å². The summed E-state index contributed by atoms with van der Waals surface area (Å²) in [6.45, 7) is 17.6. The fourth-order valence-corrected chi connectivity index (χ4v) is 11.3. The van der Waals surface area contributed by atoms with Gasteiger partial charge in [0.25, 0.3) is 8.32 Å². The first kappa shape index (κ1) is 36.9. The number of benzene rings is 3. The molecule has 0 saturated heterocycles. The predicted octanol–water partition coefficient (Wildman–Crippen LogP) is 7.80. The molecule has 4 rings (SSSR count). The van der Waals surface area contributed by atoms with E-state index in [0.717, 1.165) is 24.0 Å². The number of carbonyl (C=O) groups is 2. The van der Waals surface area contributed by atoms with Crippen LogP contribution in [-0.4, -0.2) is 58.1 Å². The largest absolute Gasteiger partial charge is 0.493 e. The van der Waals surface area contributed by atoms with E-state index in [1.54, 1.807) is 19.1 Å². The van der Waals surface area contributed by atoms with Gasteiger partial charge in [-0.3, -0.25) is 4.79 Å². The molecule has 258 valence electrons. The van der Waals surface area contributed by atoms with Crippen molar-refractivity contribution in [2.24, 2.45) is 0 Å². The van der Waals surface area contributed by atoms with Crippen LogP contribution >= 0.6 is 0 Å². The Hall–Kier alpha value is -3.88. The summed E-state index contributed by atoms with van der Waals surface area (Å²) in [5.41, 5.74) is 1.78. The number of amides is 1. The molecule has 0 N–H and O–H groups in total. The number of ketones is 1. The number of methoxy groups -OCH3 is 2. The van der Waals surface area contributed by atoms with Crippen molar-refractivity contribution < 1.29 is 28.2 Å². The predicted molar refractivity (Wildman–Crippen MR) is 195 cm³/mol. The number of nitrogens with zero attached hydrogens (tertiary/aromatic N) is 1. The molecule has 1 aliphatic rings. The van der Waals surface area contributed by atoms with E-state index in [0.29, 0.717) is 43.1 Å². The third-order valence-corrected chi connectivity index (χ3v) is 14.1. The first-order chi connectivity index (χ1) is 22.7. The molecule has 0 radical (unpaired) electrons. The molecule has 0 bridgehead atoms. The van der Waals surface area contributed by atoms with Crippen molar-refractivity contribution >= 4 is 30.6 Å². The Bertz CT molecular complexity index is 1520. The lowest BCUT2D eigenvalue weighted by Crippen LogP contribution is -2.66. The minimum absolute atomic E-state index is 0.0657. The van der Waals surface area contributed by atoms with Gasteiger partial charge in [-0.2, -0.15) is 0 Å². The van der Waals surface area contributed by atoms with Gasteiger partial charge in [0.15, 0.2) is 17.3 Å². The smallest absolute Gasteiger partial charge is 0.410 e. The van der Waals surface area contributed by atoms with Gasteiger partial charge in [-0.25, -0.2) is 4.79 Å². The summed E-state index contributed by atoms with van der Waals surface area (Å²) in [6, 6.07) is 24.5. The molecule has 7 nitrogen and oxygen atoms in total. The number of ether oxygens (including phenoxy) is 3. The maximum Gasteiger partial charge on any atom is 0.410 e. The highest BCUT2D eigenvalue weighted by Gasteiger charge is 2.50. The van der Waals surface area contributed by atoms with Crippen LogP contribution in [0.4, 0.5) is 4.79 Å². The molecule has 1 amide bonds. The third kappa shape index (κ3) is 8.39. The highest BCUT2D eigenvalue weighted by Crippen LogP contribution is 2.41. The van der Waals surface area contributed by atoms with Crippen LogP contribution in [0.5, 0.6) is 11.5 Å². The van der Waals surface area contributed by atoms with E-state index in [2.05, 4.69) is 75.9 Å². The highest BCUT2D eigenvalue weighted by molar-refractivity contribution is 6.99. The molecule has 3 aromatic carbocycles. The molecule has 3 aromatic rings. The monoisotopic (exact) mass is 671 g/mol. The molecule has 8 heteroatoms. The average Bonchev–Trinajstić information content (AvgIpc) is 3.05. The van der Waals surface area contributed by atoms with Gasteiger partial charge >= 0.3 is 6.09 Å². The lowest BCUT2D eigenvalue weighted by Gasteiger charge is -2.43. The Kier molecular flexibility index (Phi) is 12.0. The first-order valence-corrected chi connectivity index (χ1v) is 18.8. The van der Waals surface area contributed by atoms with Crippen LogP contribution in [0.25, 0.3) is 0 Å². The topological polar surface area (TPSA) is 74.3 Å². The van der Waals surface area contributed by atoms with Crippen molar-refractivity contribution in [2.45, 2.75) is 90.3 Å². The van der Waals surface area contributed by atoms with Gasteiger partial charge in [-0.1, -0.05) is 88.0 Å². The van der Waals surface area contributed by atoms with Gasteiger partial charge in [0, 0.05) is 19.6 Å². The van der Waals surface area contributed by atoms with E-state index in [-0.39, 0.29) is 17.2 Å². The van der Waals surface area contributed by atoms with Gasteiger partial charge in [0.05, 0.1) is 20.3 Å². The molecule has 1 heterocycles. The Labute approximate surface area is 288 Å². The van der Waals surface area contributed by atoms with E-state index in [1.807, 2.05) is 45.0 Å². The quantitative estimate of drug-likeness (QED) is 0.105. The maximum atomic E-state index is 13.7. The minimum atomic E-state index is -2.62. The standard InChI is InChI=1S/C40H53NO6Si/c1-29(18-16-17-25-46-48(40(5,6)7,31-19-12-10-13-20-31)32-21-14-11-15-22-32)35(42)28-34-33-27-37(45-9)36(44-8)26-30(33)23-24-41(34)38(43)47-39(2,3)4/h10-15,19-22,26-27,34H,1,16-18,23-25,28H2,2-9H3/t34-/m1/s1. The zero-order valence-corrected chi connectivity index (χ0v) is 31.1. The number of hydrogen-bond acceptors (Lipinski definition) is 6. The number of hydrogen-bond donors (Lipinski definition) is 0. The maximum absolute atomic E-state index is 13.7. The lowest BCUT2D eigenvalue weighted by atomic mass is 9.87. The van der Waals surface area contributed by atoms with Crippen molar-refractivity contribution in [1.82, 2.24) is 4.90 Å². The average molecular weight is 672 g/mol. The fraction of sp³-hybridized carbons (Fsp3) is 0.450. The highest BCUT2D eigenvalue weighted by atomic mass is 28.4. The van der Waals surface area contributed by atoms with Crippen LogP contribution in [0.3, 0.4) is 0 Å². The first-order valence-electron chi connectivity index (χ1n) is 16.9. The summed E-state index contributed by atoms with van der Waals surface area (Å²) in [5.74, 6) is 1.11. The van der Waals surface area contributed by atoms with Crippen LogP contribution in [0, 0.1) is 0 Å². The van der Waals surface area contributed by atoms with Gasteiger partial charge in [-0.15, -0.1) is 0 Å². The molecule has 0 aliphatic carbocycles. The number of allylic oxidation sites excluding steroid dienone is 1. The van der Waals surface area contributed by atoms with Crippen molar-refractivity contribution in [3.05, 3.63) is 96.1 Å². The molecule has 1 aliphatic heterocycles. The molecule has 1 atom stereocenters. The Morgan fingerprint density at radius 2 is 1.42 bits per heavy atom. The van der Waals surface area contributed by atoms with Crippen molar-refractivity contribution in [3.8, 4) is 11.5 Å². The summed E-state index contributed by atoms with van der Waals surface area (Å²) in [4.78, 5) is 28.8. The van der Waals surface area contributed by atoms with Crippen molar-refractivity contribution in [3.63, 3.8) is 0 Å². The molecule has 0 spiro atoms.